The molecule has 0 spiro atoms. The highest BCUT2D eigenvalue weighted by atomic mass is 35.5. The minimum atomic E-state index is -3.16. The Bertz CT molecular complexity index is 548. The molecule has 0 aliphatic carbocycles. The third kappa shape index (κ3) is 3.01. The summed E-state index contributed by atoms with van der Waals surface area (Å²) in [6.45, 7) is 0.0217. The summed E-state index contributed by atoms with van der Waals surface area (Å²) in [6.07, 6.45) is 0. The average Bonchev–Trinajstić information content (AvgIpc) is 2.57. The van der Waals surface area contributed by atoms with E-state index in [1.165, 1.54) is 0 Å². The van der Waals surface area contributed by atoms with E-state index in [2.05, 4.69) is 9.84 Å². The van der Waals surface area contributed by atoms with E-state index in [1.807, 2.05) is 5.32 Å². The predicted molar refractivity (Wildman–Crippen MR) is 67.7 cm³/mol. The number of ether oxygens (including phenoxy) is 1. The molecule has 6 nitrogen and oxygen atoms in total. The number of esters is 1. The second kappa shape index (κ2) is 5.92. The second-order valence-electron chi connectivity index (χ2n) is 3.93. The number of amides is 1. The van der Waals surface area contributed by atoms with Crippen molar-refractivity contribution in [1.29, 1.82) is 0 Å². The molecule has 0 atom stereocenters. The van der Waals surface area contributed by atoms with E-state index >= 15 is 0 Å². The van der Waals surface area contributed by atoms with Gasteiger partial charge in [0.05, 0.1) is 13.2 Å². The zero-order valence-electron chi connectivity index (χ0n) is 10.3. The van der Waals surface area contributed by atoms with Crippen molar-refractivity contribution < 1.29 is 23.1 Å². The summed E-state index contributed by atoms with van der Waals surface area (Å²) in [5.41, 5.74) is -0.603. The van der Waals surface area contributed by atoms with E-state index < -0.39 is 30.9 Å². The monoisotopic (exact) mass is 329 g/mol. The molecular weight excluding hydrogens is 319 g/mol. The van der Waals surface area contributed by atoms with Crippen LogP contribution in [0.2, 0.25) is 5.02 Å². The molecule has 0 saturated carbocycles. The van der Waals surface area contributed by atoms with Crippen LogP contribution >= 0.6 is 24.0 Å². The summed E-state index contributed by atoms with van der Waals surface area (Å²) >= 11 is 5.84. The molecule has 0 bridgehead atoms. The second-order valence-corrected chi connectivity index (χ2v) is 4.31. The van der Waals surface area contributed by atoms with Gasteiger partial charge >= 0.3 is 5.97 Å². The summed E-state index contributed by atoms with van der Waals surface area (Å²) in [4.78, 5) is 23.2. The lowest BCUT2D eigenvalue weighted by Gasteiger charge is -2.12. The lowest BCUT2D eigenvalue weighted by atomic mass is 10.3. The number of rotatable bonds is 2. The molecule has 10 heteroatoms. The van der Waals surface area contributed by atoms with Crippen LogP contribution in [0.15, 0.2) is 0 Å². The Hall–Kier alpha value is -1.41. The minimum absolute atomic E-state index is 0. The first kappa shape index (κ1) is 16.6. The normalized spacial score (nSPS) is 16.5. The molecule has 1 amide bonds. The van der Waals surface area contributed by atoms with E-state index in [1.54, 1.807) is 6.92 Å². The Kier molecular flexibility index (Phi) is 4.93. The highest BCUT2D eigenvalue weighted by Crippen LogP contribution is 2.27. The first-order valence-corrected chi connectivity index (χ1v) is 5.83. The number of alkyl halides is 2. The minimum Gasteiger partial charge on any atom is -0.461 e. The maximum atomic E-state index is 13.4. The van der Waals surface area contributed by atoms with Gasteiger partial charge in [-0.3, -0.25) is 9.48 Å². The molecule has 20 heavy (non-hydrogen) atoms. The van der Waals surface area contributed by atoms with Gasteiger partial charge in [0.15, 0.2) is 5.69 Å². The summed E-state index contributed by atoms with van der Waals surface area (Å²) in [5, 5.41) is 5.39. The molecule has 1 aliphatic heterocycles. The Balaban J connectivity index is 0.00000200. The first-order valence-electron chi connectivity index (χ1n) is 5.45. The molecule has 2 heterocycles. The fourth-order valence-electron chi connectivity index (χ4n) is 1.67. The number of nitrogens with one attached hydrogen (secondary N) is 1. The fourth-order valence-corrected chi connectivity index (χ4v) is 1.97. The van der Waals surface area contributed by atoms with E-state index in [9.17, 15) is 18.4 Å². The first-order chi connectivity index (χ1) is 8.85. The molecule has 1 N–H and O–H groups in total. The van der Waals surface area contributed by atoms with Crippen molar-refractivity contribution in [2.45, 2.75) is 19.4 Å². The largest absolute Gasteiger partial charge is 0.461 e. The maximum Gasteiger partial charge on any atom is 0.360 e. The molecule has 0 aromatic carbocycles. The number of halogens is 4. The van der Waals surface area contributed by atoms with E-state index in [4.69, 9.17) is 11.6 Å². The molecule has 112 valence electrons. The lowest BCUT2D eigenvalue weighted by Crippen LogP contribution is -2.35. The maximum absolute atomic E-state index is 13.4. The van der Waals surface area contributed by atoms with Crippen molar-refractivity contribution in [2.75, 3.05) is 13.2 Å². The zero-order valence-corrected chi connectivity index (χ0v) is 11.9. The number of aromatic nitrogens is 2. The van der Waals surface area contributed by atoms with E-state index in [-0.39, 0.29) is 35.4 Å². The van der Waals surface area contributed by atoms with Gasteiger partial charge in [0.25, 0.3) is 11.8 Å². The van der Waals surface area contributed by atoms with Crippen LogP contribution in [0, 0.1) is 0 Å². The highest BCUT2D eigenvalue weighted by Gasteiger charge is 2.38. The third-order valence-electron chi connectivity index (χ3n) is 2.47. The highest BCUT2D eigenvalue weighted by molar-refractivity contribution is 6.36. The molecular formula is C10H11Cl2F2N3O3. The van der Waals surface area contributed by atoms with Gasteiger partial charge in [0.2, 0.25) is 0 Å². The molecule has 2 rings (SSSR count). The standard InChI is InChI=1S/C10H10ClF2N3O3.ClH/c1-2-19-9(18)6-5(11)7-8(17)14-3-10(12,13)4-16(7)15-6;/h2-4H2,1H3,(H,14,17);1H. The topological polar surface area (TPSA) is 73.2 Å². The van der Waals surface area contributed by atoms with Gasteiger partial charge in [0, 0.05) is 0 Å². The molecule has 0 unspecified atom stereocenters. The summed E-state index contributed by atoms with van der Waals surface area (Å²) in [7, 11) is 0. The number of hydrogen-bond acceptors (Lipinski definition) is 4. The van der Waals surface area contributed by atoms with Gasteiger partial charge in [0.1, 0.15) is 17.3 Å². The van der Waals surface area contributed by atoms with Gasteiger partial charge in [-0.2, -0.15) is 5.10 Å². The number of hydrogen-bond donors (Lipinski definition) is 1. The Morgan fingerprint density at radius 2 is 2.25 bits per heavy atom. The van der Waals surface area contributed by atoms with Crippen LogP contribution in [0.4, 0.5) is 8.78 Å². The number of carbonyl (C=O) groups is 2. The lowest BCUT2D eigenvalue weighted by molar-refractivity contribution is -0.0133. The Labute approximate surface area is 123 Å². The van der Waals surface area contributed by atoms with E-state index in [0.717, 1.165) is 4.68 Å². The van der Waals surface area contributed by atoms with Crippen LogP contribution in [0.25, 0.3) is 0 Å². The number of nitrogens with zero attached hydrogens (tertiary/aromatic N) is 2. The molecule has 0 fully saturated rings. The fraction of sp³-hybridized carbons (Fsp3) is 0.500. The van der Waals surface area contributed by atoms with Crippen molar-refractivity contribution in [3.05, 3.63) is 16.4 Å². The van der Waals surface area contributed by atoms with Crippen molar-refractivity contribution >= 4 is 35.9 Å². The Morgan fingerprint density at radius 1 is 1.60 bits per heavy atom. The number of carbonyl (C=O) groups excluding carboxylic acids is 2. The SMILES string of the molecule is CCOC(=O)c1nn2c(c1Cl)C(=O)NCC(F)(F)C2.Cl. The van der Waals surface area contributed by atoms with Crippen molar-refractivity contribution in [3.63, 3.8) is 0 Å². The third-order valence-corrected chi connectivity index (χ3v) is 2.83. The van der Waals surface area contributed by atoms with Crippen molar-refractivity contribution in [3.8, 4) is 0 Å². The van der Waals surface area contributed by atoms with Crippen LogP contribution in [0.5, 0.6) is 0 Å². The van der Waals surface area contributed by atoms with Gasteiger partial charge in [-0.1, -0.05) is 11.6 Å². The van der Waals surface area contributed by atoms with Crippen LogP contribution in [-0.2, 0) is 11.3 Å². The molecule has 0 radical (unpaired) electrons. The quantitative estimate of drug-likeness (QED) is 0.835. The summed E-state index contributed by atoms with van der Waals surface area (Å²) in [5.74, 6) is -4.82. The Morgan fingerprint density at radius 3 is 2.85 bits per heavy atom. The van der Waals surface area contributed by atoms with Gasteiger partial charge in [-0.05, 0) is 6.92 Å². The van der Waals surface area contributed by atoms with Gasteiger partial charge in [-0.25, -0.2) is 13.6 Å². The van der Waals surface area contributed by atoms with Crippen molar-refractivity contribution in [2.24, 2.45) is 0 Å². The molecule has 1 aromatic rings. The predicted octanol–water partition coefficient (Wildman–Crippen LogP) is 1.51. The van der Waals surface area contributed by atoms with Crippen LogP contribution < -0.4 is 5.32 Å². The zero-order chi connectivity index (χ0) is 14.2. The molecule has 0 saturated heterocycles. The average molecular weight is 330 g/mol. The van der Waals surface area contributed by atoms with Crippen LogP contribution in [0.3, 0.4) is 0 Å². The summed E-state index contributed by atoms with van der Waals surface area (Å²) in [6, 6.07) is 0. The molecule has 1 aliphatic rings. The molecule has 1 aromatic heterocycles. The smallest absolute Gasteiger partial charge is 0.360 e. The van der Waals surface area contributed by atoms with E-state index in [0.29, 0.717) is 0 Å². The van der Waals surface area contributed by atoms with Gasteiger partial charge < -0.3 is 10.1 Å². The summed E-state index contributed by atoms with van der Waals surface area (Å²) < 4.78 is 32.2. The van der Waals surface area contributed by atoms with Crippen LogP contribution in [0.1, 0.15) is 27.9 Å². The number of fused-ring (bicyclic) bond motifs is 1. The van der Waals surface area contributed by atoms with Crippen molar-refractivity contribution in [1.82, 2.24) is 15.1 Å². The van der Waals surface area contributed by atoms with Crippen LogP contribution in [-0.4, -0.2) is 40.7 Å². The van der Waals surface area contributed by atoms with Gasteiger partial charge in [-0.15, -0.1) is 12.4 Å².